The molecule has 1 aliphatic rings. The van der Waals surface area contributed by atoms with Gasteiger partial charge in [-0.15, -0.1) is 6.58 Å². The molecular formula is C27H32FN3O3. The molecule has 34 heavy (non-hydrogen) atoms. The number of aryl methyl sites for hydroxylation is 1. The Morgan fingerprint density at radius 2 is 2.03 bits per heavy atom. The van der Waals surface area contributed by atoms with Crippen molar-refractivity contribution in [2.24, 2.45) is 13.0 Å². The highest BCUT2D eigenvalue weighted by molar-refractivity contribution is 5.65. The summed E-state index contributed by atoms with van der Waals surface area (Å²) in [6.45, 7) is 6.19. The lowest BCUT2D eigenvalue weighted by Crippen LogP contribution is -2.36. The van der Waals surface area contributed by atoms with E-state index in [1.807, 2.05) is 37.4 Å². The van der Waals surface area contributed by atoms with E-state index in [1.165, 1.54) is 25.0 Å². The fourth-order valence-electron chi connectivity index (χ4n) is 4.02. The summed E-state index contributed by atoms with van der Waals surface area (Å²) in [5.41, 5.74) is 2.69. The quantitative estimate of drug-likeness (QED) is 0.290. The van der Waals surface area contributed by atoms with E-state index < -0.39 is 6.10 Å². The second kappa shape index (κ2) is 11.4. The van der Waals surface area contributed by atoms with Gasteiger partial charge in [-0.05, 0) is 30.9 Å². The maximum Gasteiger partial charge on any atom is 0.222 e. The molecule has 0 unspecified atom stereocenters. The molecule has 0 amide bonds. The highest BCUT2D eigenvalue weighted by Gasteiger charge is 2.28. The van der Waals surface area contributed by atoms with Crippen molar-refractivity contribution >= 4 is 0 Å². The predicted molar refractivity (Wildman–Crippen MR) is 130 cm³/mol. The van der Waals surface area contributed by atoms with E-state index >= 15 is 0 Å². The van der Waals surface area contributed by atoms with Crippen molar-refractivity contribution in [2.45, 2.75) is 25.5 Å². The number of benzene rings is 2. The molecule has 0 bridgehead atoms. The first-order chi connectivity index (χ1) is 16.5. The van der Waals surface area contributed by atoms with E-state index in [2.05, 4.69) is 11.5 Å². The third kappa shape index (κ3) is 6.53. The Kier molecular flexibility index (Phi) is 8.11. The Labute approximate surface area is 200 Å². The highest BCUT2D eigenvalue weighted by Crippen LogP contribution is 2.36. The van der Waals surface area contributed by atoms with Crippen molar-refractivity contribution in [2.75, 3.05) is 26.3 Å². The smallest absolute Gasteiger partial charge is 0.222 e. The van der Waals surface area contributed by atoms with Crippen LogP contribution >= 0.6 is 0 Å². The van der Waals surface area contributed by atoms with E-state index in [-0.39, 0.29) is 12.4 Å². The maximum absolute atomic E-state index is 13.8. The molecular weight excluding hydrogens is 433 g/mol. The third-order valence-electron chi connectivity index (χ3n) is 5.76. The topological polar surface area (TPSA) is 59.8 Å². The minimum Gasteiger partial charge on any atom is -0.439 e. The van der Waals surface area contributed by atoms with Gasteiger partial charge in [0.25, 0.3) is 0 Å². The second-order valence-electron chi connectivity index (χ2n) is 8.80. The zero-order chi connectivity index (χ0) is 23.9. The van der Waals surface area contributed by atoms with Crippen molar-refractivity contribution in [3.8, 4) is 22.9 Å². The molecule has 3 aromatic rings. The van der Waals surface area contributed by atoms with Crippen LogP contribution in [0.15, 0.2) is 67.3 Å². The summed E-state index contributed by atoms with van der Waals surface area (Å²) in [5.74, 6) is 1.24. The standard InChI is InChI=1S/C27H32FN3O3/c1-3-14-33-19-23(32)17-31(16-20-12-13-20)18-25-26(21-8-5-4-6-9-21)29-30(2)27(25)34-24-11-7-10-22(28)15-24/h3-11,15,20,23,32H,1,12-14,16-19H2,2H3/t23-/m1/s1. The van der Waals surface area contributed by atoms with Crippen LogP contribution in [0.4, 0.5) is 4.39 Å². The van der Waals surface area contributed by atoms with E-state index in [0.717, 1.165) is 23.4 Å². The highest BCUT2D eigenvalue weighted by atomic mass is 19.1. The average molecular weight is 466 g/mol. The Morgan fingerprint density at radius 3 is 2.74 bits per heavy atom. The Balaban J connectivity index is 1.64. The Bertz CT molecular complexity index is 1080. The number of aliphatic hydroxyl groups is 1. The van der Waals surface area contributed by atoms with Gasteiger partial charge in [0.2, 0.25) is 5.88 Å². The Hall–Kier alpha value is -3.00. The van der Waals surface area contributed by atoms with Crippen molar-refractivity contribution in [1.29, 1.82) is 0 Å². The van der Waals surface area contributed by atoms with Crippen molar-refractivity contribution in [3.63, 3.8) is 0 Å². The molecule has 0 spiro atoms. The zero-order valence-corrected chi connectivity index (χ0v) is 19.6. The van der Waals surface area contributed by atoms with Crippen LogP contribution in [0.1, 0.15) is 18.4 Å². The van der Waals surface area contributed by atoms with Crippen LogP contribution < -0.4 is 4.74 Å². The van der Waals surface area contributed by atoms with Crippen LogP contribution in [-0.4, -0.2) is 52.2 Å². The Morgan fingerprint density at radius 1 is 1.24 bits per heavy atom. The van der Waals surface area contributed by atoms with Crippen LogP contribution in [0, 0.1) is 11.7 Å². The van der Waals surface area contributed by atoms with Crippen molar-refractivity contribution in [3.05, 3.63) is 78.6 Å². The number of rotatable bonds is 13. The van der Waals surface area contributed by atoms with E-state index in [9.17, 15) is 9.50 Å². The molecule has 1 aromatic heterocycles. The summed E-state index contributed by atoms with van der Waals surface area (Å²) in [4.78, 5) is 2.24. The van der Waals surface area contributed by atoms with Gasteiger partial charge in [-0.2, -0.15) is 5.10 Å². The van der Waals surface area contributed by atoms with Gasteiger partial charge >= 0.3 is 0 Å². The fraction of sp³-hybridized carbons (Fsp3) is 0.370. The van der Waals surface area contributed by atoms with Gasteiger partial charge in [0.1, 0.15) is 17.3 Å². The molecule has 0 radical (unpaired) electrons. The first-order valence-electron chi connectivity index (χ1n) is 11.7. The summed E-state index contributed by atoms with van der Waals surface area (Å²) in [5, 5.41) is 15.3. The van der Waals surface area contributed by atoms with Gasteiger partial charge in [-0.3, -0.25) is 4.90 Å². The monoisotopic (exact) mass is 465 g/mol. The van der Waals surface area contributed by atoms with Gasteiger partial charge < -0.3 is 14.6 Å². The van der Waals surface area contributed by atoms with Crippen LogP contribution in [-0.2, 0) is 18.3 Å². The maximum atomic E-state index is 13.8. The van der Waals surface area contributed by atoms with Crippen LogP contribution in [0.3, 0.4) is 0 Å². The number of hydrogen-bond donors (Lipinski definition) is 1. The summed E-state index contributed by atoms with van der Waals surface area (Å²) in [7, 11) is 1.83. The van der Waals surface area contributed by atoms with Crippen molar-refractivity contribution in [1.82, 2.24) is 14.7 Å². The van der Waals surface area contributed by atoms with Crippen LogP contribution in [0.2, 0.25) is 0 Å². The molecule has 180 valence electrons. The van der Waals surface area contributed by atoms with Crippen LogP contribution in [0.25, 0.3) is 11.3 Å². The SMILES string of the molecule is C=CCOC[C@H](O)CN(Cc1c(-c2ccccc2)nn(C)c1Oc1cccc(F)c1)CC1CC1. The summed E-state index contributed by atoms with van der Waals surface area (Å²) >= 11 is 0. The molecule has 1 fully saturated rings. The summed E-state index contributed by atoms with van der Waals surface area (Å²) in [6.07, 6.45) is 3.45. The number of halogens is 1. The van der Waals surface area contributed by atoms with Crippen LogP contribution in [0.5, 0.6) is 11.6 Å². The molecule has 1 atom stereocenters. The number of aromatic nitrogens is 2. The summed E-state index contributed by atoms with van der Waals surface area (Å²) < 4.78 is 27.1. The molecule has 2 aromatic carbocycles. The molecule has 1 saturated carbocycles. The molecule has 1 aliphatic carbocycles. The van der Waals surface area contributed by atoms with Crippen molar-refractivity contribution < 1.29 is 19.0 Å². The van der Waals surface area contributed by atoms with Gasteiger partial charge in [0.15, 0.2) is 0 Å². The number of nitrogens with zero attached hydrogens (tertiary/aromatic N) is 3. The van der Waals surface area contributed by atoms with E-state index in [0.29, 0.717) is 37.2 Å². The minimum absolute atomic E-state index is 0.248. The van der Waals surface area contributed by atoms with Gasteiger partial charge in [-0.1, -0.05) is 42.5 Å². The molecule has 4 rings (SSSR count). The lowest BCUT2D eigenvalue weighted by molar-refractivity contribution is 0.0235. The van der Waals surface area contributed by atoms with Gasteiger partial charge in [0.05, 0.1) is 24.9 Å². The number of ether oxygens (including phenoxy) is 2. The largest absolute Gasteiger partial charge is 0.439 e. The minimum atomic E-state index is -0.622. The number of hydrogen-bond acceptors (Lipinski definition) is 5. The normalized spacial score (nSPS) is 14.4. The average Bonchev–Trinajstić information content (AvgIpc) is 3.59. The zero-order valence-electron chi connectivity index (χ0n) is 19.6. The second-order valence-corrected chi connectivity index (χ2v) is 8.80. The first kappa shape index (κ1) is 24.1. The molecule has 0 saturated heterocycles. The molecule has 0 aliphatic heterocycles. The molecule has 6 nitrogen and oxygen atoms in total. The molecule has 1 N–H and O–H groups in total. The molecule has 7 heteroatoms. The summed E-state index contributed by atoms with van der Waals surface area (Å²) in [6, 6.07) is 16.0. The number of aliphatic hydroxyl groups excluding tert-OH is 1. The third-order valence-corrected chi connectivity index (χ3v) is 5.76. The first-order valence-corrected chi connectivity index (χ1v) is 11.7. The van der Waals surface area contributed by atoms with E-state index in [4.69, 9.17) is 14.6 Å². The van der Waals surface area contributed by atoms with E-state index in [1.54, 1.807) is 22.9 Å². The predicted octanol–water partition coefficient (Wildman–Crippen LogP) is 4.79. The van der Waals surface area contributed by atoms with Gasteiger partial charge in [-0.25, -0.2) is 9.07 Å². The lowest BCUT2D eigenvalue weighted by Gasteiger charge is -2.25. The van der Waals surface area contributed by atoms with Gasteiger partial charge in [0, 0.05) is 38.3 Å². The fourth-order valence-corrected chi connectivity index (χ4v) is 4.02. The lowest BCUT2D eigenvalue weighted by atomic mass is 10.1. The molecule has 1 heterocycles.